The van der Waals surface area contributed by atoms with Gasteiger partial charge in [-0.1, -0.05) is 30.7 Å². The Hall–Kier alpha value is -1.02. The molecule has 3 unspecified atom stereocenters. The number of amides is 1. The average molecular weight is 306 g/mol. The van der Waals surface area contributed by atoms with Gasteiger partial charge in [-0.25, -0.2) is 0 Å². The first-order chi connectivity index (χ1) is 10.2. The number of rotatable bonds is 3. The number of hydrogen-bond acceptors (Lipinski definition) is 1. The van der Waals surface area contributed by atoms with Crippen LogP contribution in [0.25, 0.3) is 0 Å². The number of hydrogen-bond donors (Lipinski definition) is 1. The molecule has 1 N–H and O–H groups in total. The van der Waals surface area contributed by atoms with E-state index in [4.69, 9.17) is 11.6 Å². The van der Waals surface area contributed by atoms with E-state index in [1.54, 1.807) is 0 Å². The van der Waals surface area contributed by atoms with Crippen LogP contribution in [-0.2, 0) is 17.6 Å². The molecule has 1 fully saturated rings. The predicted molar refractivity (Wildman–Crippen MR) is 86.6 cm³/mol. The summed E-state index contributed by atoms with van der Waals surface area (Å²) in [5, 5.41) is 3.48. The molecule has 3 heteroatoms. The van der Waals surface area contributed by atoms with Gasteiger partial charge in [0.25, 0.3) is 0 Å². The molecule has 114 valence electrons. The number of benzene rings is 1. The summed E-state index contributed by atoms with van der Waals surface area (Å²) >= 11 is 6.22. The molecule has 0 heterocycles. The van der Waals surface area contributed by atoms with E-state index in [1.807, 2.05) is 0 Å². The fraction of sp³-hybridized carbons (Fsp3) is 0.611. The molecule has 1 aromatic carbocycles. The first kappa shape index (κ1) is 14.9. The van der Waals surface area contributed by atoms with Gasteiger partial charge >= 0.3 is 0 Å². The number of carbonyl (C=O) groups is 1. The molecule has 1 saturated carbocycles. The van der Waals surface area contributed by atoms with Gasteiger partial charge in [-0.3, -0.25) is 4.79 Å². The van der Waals surface area contributed by atoms with Crippen molar-refractivity contribution in [2.45, 2.75) is 50.3 Å². The van der Waals surface area contributed by atoms with Crippen LogP contribution in [0.4, 0.5) is 0 Å². The van der Waals surface area contributed by atoms with Crippen LogP contribution in [0.3, 0.4) is 0 Å². The van der Waals surface area contributed by atoms with E-state index in [0.29, 0.717) is 11.3 Å². The summed E-state index contributed by atoms with van der Waals surface area (Å²) in [6.45, 7) is 0.806. The number of fused-ring (bicyclic) bond motifs is 1. The van der Waals surface area contributed by atoms with Gasteiger partial charge in [-0.05, 0) is 55.6 Å². The third-order valence-electron chi connectivity index (χ3n) is 5.00. The lowest BCUT2D eigenvalue weighted by atomic mass is 9.83. The van der Waals surface area contributed by atoms with Crippen molar-refractivity contribution in [3.63, 3.8) is 0 Å². The number of aryl methyl sites for hydroxylation is 1. The van der Waals surface area contributed by atoms with Crippen LogP contribution in [0.15, 0.2) is 24.3 Å². The van der Waals surface area contributed by atoms with E-state index in [9.17, 15) is 4.79 Å². The van der Waals surface area contributed by atoms with Gasteiger partial charge in [0.05, 0.1) is 0 Å². The maximum absolute atomic E-state index is 12.4. The molecule has 0 spiro atoms. The highest BCUT2D eigenvalue weighted by molar-refractivity contribution is 6.20. The fourth-order valence-electron chi connectivity index (χ4n) is 3.72. The van der Waals surface area contributed by atoms with Crippen LogP contribution in [0.5, 0.6) is 0 Å². The van der Waals surface area contributed by atoms with Gasteiger partial charge in [0.1, 0.15) is 0 Å². The summed E-state index contributed by atoms with van der Waals surface area (Å²) in [4.78, 5) is 12.4. The van der Waals surface area contributed by atoms with E-state index in [1.165, 1.54) is 24.0 Å². The second-order valence-corrected chi connectivity index (χ2v) is 7.20. The summed E-state index contributed by atoms with van der Waals surface area (Å²) in [7, 11) is 0. The normalized spacial score (nSPS) is 28.7. The number of nitrogens with one attached hydrogen (secondary N) is 1. The molecule has 2 nitrogen and oxygen atoms in total. The Bertz CT molecular complexity index is 502. The van der Waals surface area contributed by atoms with Gasteiger partial charge in [-0.2, -0.15) is 0 Å². The van der Waals surface area contributed by atoms with Crippen molar-refractivity contribution in [3.05, 3.63) is 35.4 Å². The predicted octanol–water partition coefficient (Wildman–Crippen LogP) is 3.71. The minimum Gasteiger partial charge on any atom is -0.356 e. The molecule has 0 bridgehead atoms. The van der Waals surface area contributed by atoms with Crippen LogP contribution < -0.4 is 5.32 Å². The maximum atomic E-state index is 12.4. The summed E-state index contributed by atoms with van der Waals surface area (Å²) < 4.78 is 0. The second-order valence-electron chi connectivity index (χ2n) is 6.58. The Labute approximate surface area is 132 Å². The Balaban J connectivity index is 1.50. The third kappa shape index (κ3) is 3.79. The van der Waals surface area contributed by atoms with Gasteiger partial charge < -0.3 is 5.32 Å². The minimum atomic E-state index is 0.148. The molecule has 21 heavy (non-hydrogen) atoms. The van der Waals surface area contributed by atoms with E-state index in [2.05, 4.69) is 29.6 Å². The maximum Gasteiger partial charge on any atom is 0.223 e. The number of alkyl halides is 1. The van der Waals surface area contributed by atoms with Gasteiger partial charge in [0, 0.05) is 17.8 Å². The van der Waals surface area contributed by atoms with Crippen molar-refractivity contribution >= 4 is 17.5 Å². The average Bonchev–Trinajstić information content (AvgIpc) is 2.52. The topological polar surface area (TPSA) is 29.1 Å². The second kappa shape index (κ2) is 6.83. The summed E-state index contributed by atoms with van der Waals surface area (Å²) in [6.07, 6.45) is 7.49. The largest absolute Gasteiger partial charge is 0.356 e. The van der Waals surface area contributed by atoms with Crippen molar-refractivity contribution in [3.8, 4) is 0 Å². The Morgan fingerprint density at radius 3 is 2.81 bits per heavy atom. The highest BCUT2D eigenvalue weighted by Gasteiger charge is 2.26. The summed E-state index contributed by atoms with van der Waals surface area (Å²) in [5.74, 6) is 0.956. The quantitative estimate of drug-likeness (QED) is 0.848. The molecular formula is C18H24ClNO. The van der Waals surface area contributed by atoms with E-state index >= 15 is 0 Å². The van der Waals surface area contributed by atoms with Crippen molar-refractivity contribution in [2.24, 2.45) is 11.8 Å². The lowest BCUT2D eigenvalue weighted by molar-refractivity contribution is -0.125. The SMILES string of the molecule is O=C(NCC1CCCC(Cl)C1)C1CCc2ccccc2C1. The molecule has 0 aromatic heterocycles. The van der Waals surface area contributed by atoms with Crippen LogP contribution in [0.2, 0.25) is 0 Å². The van der Waals surface area contributed by atoms with Crippen LogP contribution in [0.1, 0.15) is 43.2 Å². The van der Waals surface area contributed by atoms with Crippen molar-refractivity contribution in [2.75, 3.05) is 6.54 Å². The number of halogens is 1. The zero-order valence-electron chi connectivity index (χ0n) is 12.5. The van der Waals surface area contributed by atoms with Crippen LogP contribution >= 0.6 is 11.6 Å². The van der Waals surface area contributed by atoms with Gasteiger partial charge in [0.2, 0.25) is 5.91 Å². The molecule has 0 radical (unpaired) electrons. The Morgan fingerprint density at radius 1 is 1.19 bits per heavy atom. The monoisotopic (exact) mass is 305 g/mol. The van der Waals surface area contributed by atoms with E-state index in [0.717, 1.165) is 38.6 Å². The van der Waals surface area contributed by atoms with Gasteiger partial charge in [-0.15, -0.1) is 11.6 Å². The summed E-state index contributed by atoms with van der Waals surface area (Å²) in [6, 6.07) is 8.51. The van der Waals surface area contributed by atoms with Gasteiger partial charge in [0.15, 0.2) is 0 Å². The Morgan fingerprint density at radius 2 is 2.00 bits per heavy atom. The molecule has 0 saturated heterocycles. The zero-order chi connectivity index (χ0) is 14.7. The smallest absolute Gasteiger partial charge is 0.223 e. The summed E-state index contributed by atoms with van der Waals surface area (Å²) in [5.41, 5.74) is 2.77. The molecule has 1 amide bonds. The molecule has 2 aliphatic carbocycles. The number of carbonyl (C=O) groups excluding carboxylic acids is 1. The first-order valence-corrected chi connectivity index (χ1v) is 8.64. The van der Waals surface area contributed by atoms with Crippen molar-refractivity contribution < 1.29 is 4.79 Å². The molecule has 1 aromatic rings. The fourth-order valence-corrected chi connectivity index (χ4v) is 4.13. The highest BCUT2D eigenvalue weighted by Crippen LogP contribution is 2.28. The third-order valence-corrected chi connectivity index (χ3v) is 5.40. The highest BCUT2D eigenvalue weighted by atomic mass is 35.5. The lowest BCUT2D eigenvalue weighted by Crippen LogP contribution is -2.38. The molecular weight excluding hydrogens is 282 g/mol. The molecule has 3 rings (SSSR count). The standard InChI is InChI=1S/C18H24ClNO/c19-17-7-3-4-13(10-17)12-20-18(21)16-9-8-14-5-1-2-6-15(14)11-16/h1-2,5-6,13,16-17H,3-4,7-12H2,(H,20,21). The van der Waals surface area contributed by atoms with Crippen molar-refractivity contribution in [1.82, 2.24) is 5.32 Å². The zero-order valence-corrected chi connectivity index (χ0v) is 13.2. The Kier molecular flexibility index (Phi) is 4.84. The van der Waals surface area contributed by atoms with Crippen LogP contribution in [0, 0.1) is 11.8 Å². The first-order valence-electron chi connectivity index (χ1n) is 8.21. The lowest BCUT2D eigenvalue weighted by Gasteiger charge is -2.27. The minimum absolute atomic E-state index is 0.148. The van der Waals surface area contributed by atoms with Crippen molar-refractivity contribution in [1.29, 1.82) is 0 Å². The molecule has 2 aliphatic rings. The molecule has 0 aliphatic heterocycles. The van der Waals surface area contributed by atoms with E-state index in [-0.39, 0.29) is 11.8 Å². The molecule has 3 atom stereocenters. The van der Waals surface area contributed by atoms with E-state index < -0.39 is 0 Å². The van der Waals surface area contributed by atoms with Crippen LogP contribution in [-0.4, -0.2) is 17.8 Å².